The van der Waals surface area contributed by atoms with Crippen molar-refractivity contribution >= 4 is 39.9 Å². The van der Waals surface area contributed by atoms with Crippen LogP contribution in [0.2, 0.25) is 5.02 Å². The van der Waals surface area contributed by atoms with Crippen LogP contribution in [0.4, 0.5) is 5.69 Å². The molecule has 7 heteroatoms. The Labute approximate surface area is 182 Å². The van der Waals surface area contributed by atoms with Gasteiger partial charge in [0.15, 0.2) is 5.65 Å². The van der Waals surface area contributed by atoms with Crippen molar-refractivity contribution in [2.24, 2.45) is 0 Å². The van der Waals surface area contributed by atoms with Gasteiger partial charge in [0.05, 0.1) is 22.8 Å². The van der Waals surface area contributed by atoms with Crippen molar-refractivity contribution in [3.63, 3.8) is 0 Å². The maximum absolute atomic E-state index is 13.0. The van der Waals surface area contributed by atoms with Gasteiger partial charge in [-0.15, -0.1) is 0 Å². The Morgan fingerprint density at radius 3 is 2.52 bits per heavy atom. The highest BCUT2D eigenvalue weighted by atomic mass is 35.5. The summed E-state index contributed by atoms with van der Waals surface area (Å²) in [7, 11) is 0. The topological polar surface area (TPSA) is 68.4 Å². The average Bonchev–Trinajstić information content (AvgIpc) is 3.29. The Hall–Kier alpha value is -3.90. The van der Waals surface area contributed by atoms with Crippen molar-refractivity contribution < 1.29 is 4.79 Å². The van der Waals surface area contributed by atoms with Crippen LogP contribution in [-0.4, -0.2) is 19.9 Å². The van der Waals surface area contributed by atoms with E-state index in [0.717, 1.165) is 11.1 Å². The van der Waals surface area contributed by atoms with Gasteiger partial charge in [-0.25, -0.2) is 4.98 Å². The van der Waals surface area contributed by atoms with Gasteiger partial charge in [0.2, 0.25) is 0 Å². The van der Waals surface area contributed by atoms with Crippen LogP contribution in [0.5, 0.6) is 0 Å². The summed E-state index contributed by atoms with van der Waals surface area (Å²) in [6.45, 7) is 0.348. The van der Waals surface area contributed by atoms with Crippen molar-refractivity contribution in [1.82, 2.24) is 14.0 Å². The molecule has 0 atom stereocenters. The third-order valence-corrected chi connectivity index (χ3v) is 5.50. The highest BCUT2D eigenvalue weighted by Gasteiger charge is 2.13. The summed E-state index contributed by atoms with van der Waals surface area (Å²) in [5.74, 6) is -0.251. The fraction of sp³-hybridized carbons (Fsp3) is 0.0417. The molecule has 0 aliphatic carbocycles. The first-order valence-corrected chi connectivity index (χ1v) is 10.1. The van der Waals surface area contributed by atoms with Crippen LogP contribution in [0.1, 0.15) is 15.9 Å². The van der Waals surface area contributed by atoms with E-state index in [1.807, 2.05) is 47.0 Å². The number of halogens is 1. The quantitative estimate of drug-likeness (QED) is 0.454. The molecule has 0 saturated carbocycles. The van der Waals surface area contributed by atoms with Gasteiger partial charge in [-0.3, -0.25) is 14.2 Å². The Morgan fingerprint density at radius 2 is 1.71 bits per heavy atom. The smallest absolute Gasteiger partial charge is 0.276 e. The second kappa shape index (κ2) is 7.74. The lowest BCUT2D eigenvalue weighted by atomic mass is 10.1. The van der Waals surface area contributed by atoms with E-state index >= 15 is 0 Å². The molecule has 0 aliphatic rings. The van der Waals surface area contributed by atoms with E-state index < -0.39 is 0 Å². The molecule has 0 radical (unpaired) electrons. The summed E-state index contributed by atoms with van der Waals surface area (Å²) in [4.78, 5) is 30.0. The summed E-state index contributed by atoms with van der Waals surface area (Å²) in [6.07, 6.45) is 3.53. The highest BCUT2D eigenvalue weighted by molar-refractivity contribution is 6.33. The number of benzene rings is 2. The highest BCUT2D eigenvalue weighted by Crippen LogP contribution is 2.21. The first-order valence-electron chi connectivity index (χ1n) is 9.71. The third kappa shape index (κ3) is 3.47. The number of aromatic nitrogens is 3. The van der Waals surface area contributed by atoms with Gasteiger partial charge in [-0.05, 0) is 54.1 Å². The second-order valence-electron chi connectivity index (χ2n) is 7.13. The lowest BCUT2D eigenvalue weighted by Gasteiger charge is -2.12. The monoisotopic (exact) mass is 428 g/mol. The van der Waals surface area contributed by atoms with Gasteiger partial charge in [0, 0.05) is 18.0 Å². The SMILES string of the molecule is O=C(Nc1ccccc1Cl)c1ccc(Cn2c(=O)c3cccn3c3cccnc32)cc1. The molecule has 0 saturated heterocycles. The molecule has 0 bridgehead atoms. The summed E-state index contributed by atoms with van der Waals surface area (Å²) < 4.78 is 3.51. The minimum absolute atomic E-state index is 0.114. The van der Waals surface area contributed by atoms with Crippen molar-refractivity contribution in [2.75, 3.05) is 5.32 Å². The summed E-state index contributed by atoms with van der Waals surface area (Å²) >= 11 is 6.11. The van der Waals surface area contributed by atoms with E-state index in [0.29, 0.717) is 34.0 Å². The predicted molar refractivity (Wildman–Crippen MR) is 122 cm³/mol. The number of rotatable bonds is 4. The standard InChI is InChI=1S/C24H17ClN4O2/c25-18-5-1-2-6-19(18)27-23(30)17-11-9-16(10-12-17)15-29-22-20(7-3-13-26-22)28-14-4-8-21(28)24(29)31/h1-14H,15H2,(H,27,30). The van der Waals surface area contributed by atoms with Gasteiger partial charge >= 0.3 is 0 Å². The first kappa shape index (κ1) is 19.1. The van der Waals surface area contributed by atoms with Crippen molar-refractivity contribution in [3.05, 3.63) is 112 Å². The van der Waals surface area contributed by atoms with Gasteiger partial charge in [0.25, 0.3) is 11.5 Å². The van der Waals surface area contributed by atoms with E-state index in [2.05, 4.69) is 10.3 Å². The number of pyridine rings is 1. The Morgan fingerprint density at radius 1 is 0.935 bits per heavy atom. The van der Waals surface area contributed by atoms with E-state index in [9.17, 15) is 9.59 Å². The number of carbonyl (C=O) groups is 1. The molecule has 3 heterocycles. The molecule has 1 amide bonds. The van der Waals surface area contributed by atoms with Crippen LogP contribution < -0.4 is 10.9 Å². The minimum atomic E-state index is -0.251. The number of para-hydroxylation sites is 1. The van der Waals surface area contributed by atoms with Crippen molar-refractivity contribution in [1.29, 1.82) is 0 Å². The number of anilines is 1. The molecule has 0 aliphatic heterocycles. The van der Waals surface area contributed by atoms with Crippen LogP contribution in [-0.2, 0) is 6.54 Å². The third-order valence-electron chi connectivity index (χ3n) is 5.17. The van der Waals surface area contributed by atoms with Gasteiger partial charge in [-0.2, -0.15) is 0 Å². The van der Waals surface area contributed by atoms with Crippen LogP contribution in [0, 0.1) is 0 Å². The minimum Gasteiger partial charge on any atom is -0.321 e. The lowest BCUT2D eigenvalue weighted by Crippen LogP contribution is -2.24. The van der Waals surface area contributed by atoms with Crippen LogP contribution >= 0.6 is 11.6 Å². The molecular formula is C24H17ClN4O2. The average molecular weight is 429 g/mol. The number of fused-ring (bicyclic) bond motifs is 3. The first-order chi connectivity index (χ1) is 15.1. The number of nitrogens with zero attached hydrogens (tertiary/aromatic N) is 3. The lowest BCUT2D eigenvalue weighted by molar-refractivity contribution is 0.102. The van der Waals surface area contributed by atoms with E-state index in [-0.39, 0.29) is 11.5 Å². The molecule has 2 aromatic carbocycles. The Kier molecular flexibility index (Phi) is 4.76. The normalized spacial score (nSPS) is 11.1. The maximum Gasteiger partial charge on any atom is 0.276 e. The van der Waals surface area contributed by atoms with E-state index in [1.54, 1.807) is 47.2 Å². The van der Waals surface area contributed by atoms with Crippen molar-refractivity contribution in [2.45, 2.75) is 6.54 Å². The zero-order valence-electron chi connectivity index (χ0n) is 16.3. The second-order valence-corrected chi connectivity index (χ2v) is 7.54. The number of carbonyl (C=O) groups excluding carboxylic acids is 1. The summed E-state index contributed by atoms with van der Waals surface area (Å²) in [5, 5.41) is 3.29. The number of hydrogen-bond donors (Lipinski definition) is 1. The van der Waals surface area contributed by atoms with Gasteiger partial charge < -0.3 is 9.72 Å². The molecular weight excluding hydrogens is 412 g/mol. The number of amides is 1. The number of nitrogens with one attached hydrogen (secondary N) is 1. The fourth-order valence-electron chi connectivity index (χ4n) is 3.63. The van der Waals surface area contributed by atoms with Gasteiger partial charge in [0.1, 0.15) is 5.52 Å². The van der Waals surface area contributed by atoms with Crippen LogP contribution in [0.15, 0.2) is 90.0 Å². The molecule has 31 heavy (non-hydrogen) atoms. The summed E-state index contributed by atoms with van der Waals surface area (Å²) in [5.41, 5.74) is 3.89. The largest absolute Gasteiger partial charge is 0.321 e. The van der Waals surface area contributed by atoms with Crippen LogP contribution in [0.3, 0.4) is 0 Å². The molecule has 6 nitrogen and oxygen atoms in total. The van der Waals surface area contributed by atoms with Gasteiger partial charge in [-0.1, -0.05) is 35.9 Å². The Bertz CT molecular complexity index is 1490. The molecule has 152 valence electrons. The predicted octanol–water partition coefficient (Wildman–Crippen LogP) is 4.60. The number of hydrogen-bond acceptors (Lipinski definition) is 3. The zero-order valence-corrected chi connectivity index (χ0v) is 17.1. The zero-order chi connectivity index (χ0) is 21.4. The molecule has 3 aromatic heterocycles. The van der Waals surface area contributed by atoms with E-state index in [4.69, 9.17) is 11.6 Å². The maximum atomic E-state index is 13.0. The summed E-state index contributed by atoms with van der Waals surface area (Å²) in [6, 6.07) is 21.7. The Balaban J connectivity index is 1.45. The molecule has 1 N–H and O–H groups in total. The molecule has 0 fully saturated rings. The molecule has 5 rings (SSSR count). The molecule has 5 aromatic rings. The fourth-order valence-corrected chi connectivity index (χ4v) is 3.82. The van der Waals surface area contributed by atoms with Crippen molar-refractivity contribution in [3.8, 4) is 0 Å². The molecule has 0 unspecified atom stereocenters. The van der Waals surface area contributed by atoms with E-state index in [1.165, 1.54) is 0 Å². The van der Waals surface area contributed by atoms with Crippen LogP contribution in [0.25, 0.3) is 16.7 Å². The molecule has 0 spiro atoms.